The van der Waals surface area contributed by atoms with Crippen LogP contribution in [0.4, 0.5) is 0 Å². The van der Waals surface area contributed by atoms with Gasteiger partial charge in [-0.05, 0) is 96.1 Å². The SMILES string of the molecule is CC1=C(C#C/C(C)=C/C=C/C(C)=C/C=C/C=C(C)/C=C/C=C(C)/C=C/c2c(C)ccc(C)c2C)C(C)(C)CC(O)C1. The van der Waals surface area contributed by atoms with Crippen molar-refractivity contribution in [2.75, 3.05) is 0 Å². The minimum atomic E-state index is -0.257. The molecule has 0 aromatic heterocycles. The van der Waals surface area contributed by atoms with E-state index in [1.54, 1.807) is 0 Å². The third-order valence-electron chi connectivity index (χ3n) is 7.55. The number of rotatable bonds is 8. The molecule has 1 nitrogen and oxygen atoms in total. The monoisotopic (exact) mass is 546 g/mol. The molecule has 1 aliphatic carbocycles. The molecular weight excluding hydrogens is 496 g/mol. The van der Waals surface area contributed by atoms with Crippen molar-refractivity contribution in [1.29, 1.82) is 0 Å². The molecule has 1 aromatic rings. The number of hydrogen-bond acceptors (Lipinski definition) is 1. The fourth-order valence-electron chi connectivity index (χ4n) is 5.00. The summed E-state index contributed by atoms with van der Waals surface area (Å²) in [5.41, 5.74) is 12.2. The molecule has 1 unspecified atom stereocenters. The minimum absolute atomic E-state index is 0.0769. The van der Waals surface area contributed by atoms with Crippen LogP contribution in [-0.4, -0.2) is 11.2 Å². The second-order valence-corrected chi connectivity index (χ2v) is 12.1. The fourth-order valence-corrected chi connectivity index (χ4v) is 5.00. The third-order valence-corrected chi connectivity index (χ3v) is 7.55. The lowest BCUT2D eigenvalue weighted by molar-refractivity contribution is 0.117. The van der Waals surface area contributed by atoms with E-state index in [1.807, 2.05) is 6.92 Å². The Morgan fingerprint density at radius 3 is 1.93 bits per heavy atom. The van der Waals surface area contributed by atoms with Gasteiger partial charge in [0, 0.05) is 11.0 Å². The standard InChI is InChI=1S/C40H50O/c1-29(17-13-19-31(3)21-25-38-34(6)24-23-33(5)36(38)8)15-11-12-16-30(2)18-14-20-32(4)22-26-39-35(7)27-37(41)28-40(39,9)10/h11-21,23-25,37,41H,27-28H2,1-10H3/b12-11+,17-13+,18-14+,25-21+,29-15+,30-16+,31-19+,32-20+. The molecular formula is C40H50O. The summed E-state index contributed by atoms with van der Waals surface area (Å²) >= 11 is 0. The van der Waals surface area contributed by atoms with E-state index in [9.17, 15) is 5.11 Å². The number of aliphatic hydroxyl groups is 1. The van der Waals surface area contributed by atoms with Crippen molar-refractivity contribution in [1.82, 2.24) is 0 Å². The van der Waals surface area contributed by atoms with Crippen LogP contribution < -0.4 is 0 Å². The highest BCUT2D eigenvalue weighted by Crippen LogP contribution is 2.39. The zero-order valence-corrected chi connectivity index (χ0v) is 27.0. The number of hydrogen-bond donors (Lipinski definition) is 1. The highest BCUT2D eigenvalue weighted by Gasteiger charge is 2.31. The van der Waals surface area contributed by atoms with E-state index >= 15 is 0 Å². The Bertz CT molecular complexity index is 1430. The second-order valence-electron chi connectivity index (χ2n) is 12.1. The van der Waals surface area contributed by atoms with Crippen molar-refractivity contribution in [2.24, 2.45) is 5.41 Å². The van der Waals surface area contributed by atoms with E-state index < -0.39 is 0 Å². The van der Waals surface area contributed by atoms with E-state index in [2.05, 4.69) is 159 Å². The molecule has 1 aromatic carbocycles. The van der Waals surface area contributed by atoms with Gasteiger partial charge in [-0.15, -0.1) is 0 Å². The van der Waals surface area contributed by atoms with E-state index in [1.165, 1.54) is 50.1 Å². The quantitative estimate of drug-likeness (QED) is 0.254. The van der Waals surface area contributed by atoms with Gasteiger partial charge in [-0.2, -0.15) is 0 Å². The topological polar surface area (TPSA) is 20.2 Å². The first-order chi connectivity index (χ1) is 19.3. The van der Waals surface area contributed by atoms with Gasteiger partial charge in [-0.3, -0.25) is 0 Å². The van der Waals surface area contributed by atoms with Crippen molar-refractivity contribution in [3.8, 4) is 11.8 Å². The summed E-state index contributed by atoms with van der Waals surface area (Å²) < 4.78 is 0. The number of benzene rings is 1. The number of aliphatic hydroxyl groups excluding tert-OH is 1. The van der Waals surface area contributed by atoms with Crippen LogP contribution in [-0.2, 0) is 0 Å². The third kappa shape index (κ3) is 11.4. The Morgan fingerprint density at radius 2 is 1.32 bits per heavy atom. The predicted molar refractivity (Wildman–Crippen MR) is 182 cm³/mol. The molecule has 0 spiro atoms. The lowest BCUT2D eigenvalue weighted by Crippen LogP contribution is -2.28. The van der Waals surface area contributed by atoms with Crippen molar-refractivity contribution in [3.05, 3.63) is 135 Å². The van der Waals surface area contributed by atoms with Gasteiger partial charge in [0.15, 0.2) is 0 Å². The molecule has 216 valence electrons. The van der Waals surface area contributed by atoms with E-state index in [0.717, 1.165) is 18.4 Å². The Labute approximate surface area is 250 Å². The van der Waals surface area contributed by atoms with Crippen molar-refractivity contribution in [2.45, 2.75) is 88.2 Å². The van der Waals surface area contributed by atoms with Crippen LogP contribution in [0.15, 0.2) is 112 Å². The molecule has 2 rings (SSSR count). The van der Waals surface area contributed by atoms with Crippen LogP contribution in [0.25, 0.3) is 6.08 Å². The number of allylic oxidation sites excluding steroid dienone is 16. The first-order valence-corrected chi connectivity index (χ1v) is 14.7. The molecule has 0 saturated heterocycles. The molecule has 0 heterocycles. The fraction of sp³-hybridized carbons (Fsp3) is 0.350. The van der Waals surface area contributed by atoms with Crippen LogP contribution in [0.3, 0.4) is 0 Å². The predicted octanol–water partition coefficient (Wildman–Crippen LogP) is 10.6. The maximum Gasteiger partial charge on any atom is 0.0586 e. The lowest BCUT2D eigenvalue weighted by atomic mass is 9.72. The summed E-state index contributed by atoms with van der Waals surface area (Å²) in [6.07, 6.45) is 26.6. The molecule has 0 bridgehead atoms. The normalized spacial score (nSPS) is 19.2. The average molecular weight is 547 g/mol. The molecule has 1 atom stereocenters. The Morgan fingerprint density at radius 1 is 0.780 bits per heavy atom. The highest BCUT2D eigenvalue weighted by molar-refractivity contribution is 5.61. The average Bonchev–Trinajstić information content (AvgIpc) is 2.87. The first kappa shape index (κ1) is 33.6. The minimum Gasteiger partial charge on any atom is -0.393 e. The molecule has 0 saturated carbocycles. The van der Waals surface area contributed by atoms with E-state index in [4.69, 9.17) is 0 Å². The largest absolute Gasteiger partial charge is 0.393 e. The lowest BCUT2D eigenvalue weighted by Gasteiger charge is -2.34. The maximum absolute atomic E-state index is 10.1. The summed E-state index contributed by atoms with van der Waals surface area (Å²) in [5.74, 6) is 6.68. The van der Waals surface area contributed by atoms with Gasteiger partial charge in [0.1, 0.15) is 0 Å². The van der Waals surface area contributed by atoms with Crippen molar-refractivity contribution >= 4 is 6.08 Å². The van der Waals surface area contributed by atoms with Gasteiger partial charge in [0.2, 0.25) is 0 Å². The molecule has 0 fully saturated rings. The summed E-state index contributed by atoms with van der Waals surface area (Å²) in [4.78, 5) is 0. The van der Waals surface area contributed by atoms with Crippen LogP contribution in [0.2, 0.25) is 0 Å². The van der Waals surface area contributed by atoms with Crippen LogP contribution >= 0.6 is 0 Å². The molecule has 1 N–H and O–H groups in total. The van der Waals surface area contributed by atoms with Gasteiger partial charge < -0.3 is 5.11 Å². The molecule has 1 aliphatic rings. The molecule has 0 aliphatic heterocycles. The highest BCUT2D eigenvalue weighted by atomic mass is 16.3. The molecule has 0 amide bonds. The second kappa shape index (κ2) is 16.0. The summed E-state index contributed by atoms with van der Waals surface area (Å²) in [6, 6.07) is 4.38. The van der Waals surface area contributed by atoms with Gasteiger partial charge in [-0.25, -0.2) is 0 Å². The zero-order valence-electron chi connectivity index (χ0n) is 27.0. The van der Waals surface area contributed by atoms with Gasteiger partial charge >= 0.3 is 0 Å². The van der Waals surface area contributed by atoms with Gasteiger partial charge in [-0.1, -0.05) is 133 Å². The molecule has 0 radical (unpaired) electrons. The Hall–Kier alpha value is -3.60. The molecule has 41 heavy (non-hydrogen) atoms. The van der Waals surface area contributed by atoms with Crippen molar-refractivity contribution < 1.29 is 5.11 Å². The smallest absolute Gasteiger partial charge is 0.0586 e. The molecule has 1 heteroatoms. The van der Waals surface area contributed by atoms with Crippen molar-refractivity contribution in [3.63, 3.8) is 0 Å². The van der Waals surface area contributed by atoms with E-state index in [-0.39, 0.29) is 11.5 Å². The summed E-state index contributed by atoms with van der Waals surface area (Å²) in [7, 11) is 0. The van der Waals surface area contributed by atoms with Gasteiger partial charge in [0.25, 0.3) is 0 Å². The summed E-state index contributed by atoms with van der Waals surface area (Å²) in [6.45, 7) is 21.3. The number of aryl methyl sites for hydroxylation is 2. The Balaban J connectivity index is 1.92. The summed E-state index contributed by atoms with van der Waals surface area (Å²) in [5, 5.41) is 10.1. The van der Waals surface area contributed by atoms with Gasteiger partial charge in [0.05, 0.1) is 6.10 Å². The van der Waals surface area contributed by atoms with Crippen LogP contribution in [0.5, 0.6) is 0 Å². The Kier molecular flexibility index (Phi) is 13.1. The van der Waals surface area contributed by atoms with E-state index in [0.29, 0.717) is 0 Å². The zero-order chi connectivity index (χ0) is 30.6. The van der Waals surface area contributed by atoms with Crippen LogP contribution in [0, 0.1) is 38.0 Å². The maximum atomic E-state index is 10.1. The first-order valence-electron chi connectivity index (χ1n) is 14.7. The van der Waals surface area contributed by atoms with Crippen LogP contribution in [0.1, 0.15) is 83.6 Å².